The molecule has 3 N–H and O–H groups in total. The van der Waals surface area contributed by atoms with Gasteiger partial charge >= 0.3 is 5.97 Å². The number of halogens is 1. The maximum Gasteiger partial charge on any atom is 0.306 e. The molecule has 0 atom stereocenters. The molecule has 2 rings (SSSR count). The lowest BCUT2D eigenvalue weighted by molar-refractivity contribution is -0.143. The lowest BCUT2D eigenvalue weighted by Gasteiger charge is -2.30. The monoisotopic (exact) mass is 282 g/mol. The SMILES string of the molecule is Nc1c(Cl)cccc1C(=O)N1CCC(C(=O)O)CC1. The molecule has 0 saturated carbocycles. The molecular weight excluding hydrogens is 268 g/mol. The number of carbonyl (C=O) groups excluding carboxylic acids is 1. The Morgan fingerprint density at radius 2 is 1.95 bits per heavy atom. The van der Waals surface area contributed by atoms with Gasteiger partial charge in [-0.15, -0.1) is 0 Å². The number of hydrogen-bond donors (Lipinski definition) is 2. The minimum absolute atomic E-state index is 0.191. The first-order chi connectivity index (χ1) is 9.00. The average molecular weight is 283 g/mol. The van der Waals surface area contributed by atoms with Crippen molar-refractivity contribution in [3.63, 3.8) is 0 Å². The van der Waals surface area contributed by atoms with Crippen molar-refractivity contribution in [2.75, 3.05) is 18.8 Å². The Hall–Kier alpha value is -1.75. The molecule has 5 nitrogen and oxygen atoms in total. The second-order valence-corrected chi connectivity index (χ2v) is 5.01. The van der Waals surface area contributed by atoms with Gasteiger partial charge in [-0.25, -0.2) is 0 Å². The van der Waals surface area contributed by atoms with Gasteiger partial charge in [0.15, 0.2) is 0 Å². The summed E-state index contributed by atoms with van der Waals surface area (Å²) in [5.74, 6) is -1.35. The summed E-state index contributed by atoms with van der Waals surface area (Å²) in [6.45, 7) is 0.865. The molecule has 0 spiro atoms. The summed E-state index contributed by atoms with van der Waals surface area (Å²) >= 11 is 5.89. The highest BCUT2D eigenvalue weighted by atomic mass is 35.5. The number of para-hydroxylation sites is 1. The highest BCUT2D eigenvalue weighted by molar-refractivity contribution is 6.33. The van der Waals surface area contributed by atoms with Crippen LogP contribution < -0.4 is 5.73 Å². The molecule has 1 aromatic carbocycles. The summed E-state index contributed by atoms with van der Waals surface area (Å²) in [4.78, 5) is 24.8. The lowest BCUT2D eigenvalue weighted by atomic mass is 9.96. The second-order valence-electron chi connectivity index (χ2n) is 4.61. The number of aliphatic carboxylic acids is 1. The van der Waals surface area contributed by atoms with Gasteiger partial charge < -0.3 is 15.7 Å². The van der Waals surface area contributed by atoms with Crippen LogP contribution in [0.2, 0.25) is 5.02 Å². The van der Waals surface area contributed by atoms with Crippen LogP contribution in [0.25, 0.3) is 0 Å². The number of carbonyl (C=O) groups is 2. The van der Waals surface area contributed by atoms with Gasteiger partial charge in [-0.1, -0.05) is 17.7 Å². The zero-order valence-corrected chi connectivity index (χ0v) is 11.1. The minimum Gasteiger partial charge on any atom is -0.481 e. The van der Waals surface area contributed by atoms with E-state index in [0.29, 0.717) is 36.5 Å². The number of carboxylic acid groups (broad SMARTS) is 1. The Morgan fingerprint density at radius 1 is 1.32 bits per heavy atom. The summed E-state index contributed by atoms with van der Waals surface area (Å²) in [5, 5.41) is 9.27. The molecule has 0 bridgehead atoms. The lowest BCUT2D eigenvalue weighted by Crippen LogP contribution is -2.40. The molecule has 1 amide bonds. The van der Waals surface area contributed by atoms with Crippen molar-refractivity contribution in [2.24, 2.45) is 5.92 Å². The highest BCUT2D eigenvalue weighted by Gasteiger charge is 2.28. The normalized spacial score (nSPS) is 16.4. The first-order valence-electron chi connectivity index (χ1n) is 6.06. The Morgan fingerprint density at radius 3 is 2.53 bits per heavy atom. The largest absolute Gasteiger partial charge is 0.481 e. The van der Waals surface area contributed by atoms with Crippen molar-refractivity contribution < 1.29 is 14.7 Å². The topological polar surface area (TPSA) is 83.6 Å². The van der Waals surface area contributed by atoms with Crippen LogP contribution in [0.1, 0.15) is 23.2 Å². The molecule has 102 valence electrons. The van der Waals surface area contributed by atoms with Gasteiger partial charge in [-0.3, -0.25) is 9.59 Å². The number of piperidine rings is 1. The van der Waals surface area contributed by atoms with E-state index in [1.807, 2.05) is 0 Å². The fourth-order valence-electron chi connectivity index (χ4n) is 2.22. The average Bonchev–Trinajstić information content (AvgIpc) is 2.41. The van der Waals surface area contributed by atoms with E-state index in [4.69, 9.17) is 22.4 Å². The third kappa shape index (κ3) is 2.81. The van der Waals surface area contributed by atoms with E-state index >= 15 is 0 Å². The van der Waals surface area contributed by atoms with Gasteiger partial charge in [-0.2, -0.15) is 0 Å². The summed E-state index contributed by atoms with van der Waals surface area (Å²) in [6, 6.07) is 4.94. The Bertz CT molecular complexity index is 511. The number of nitrogen functional groups attached to an aromatic ring is 1. The van der Waals surface area contributed by atoms with Crippen LogP contribution in [0.15, 0.2) is 18.2 Å². The first kappa shape index (κ1) is 13.7. The molecular formula is C13H15ClN2O3. The van der Waals surface area contributed by atoms with Crippen molar-refractivity contribution in [3.8, 4) is 0 Å². The molecule has 1 heterocycles. The van der Waals surface area contributed by atoms with E-state index < -0.39 is 5.97 Å². The van der Waals surface area contributed by atoms with Gasteiger partial charge in [0.05, 0.1) is 22.2 Å². The predicted molar refractivity (Wildman–Crippen MR) is 72.1 cm³/mol. The highest BCUT2D eigenvalue weighted by Crippen LogP contribution is 2.25. The van der Waals surface area contributed by atoms with E-state index in [1.165, 1.54) is 0 Å². The Labute approximate surface area is 116 Å². The molecule has 0 unspecified atom stereocenters. The van der Waals surface area contributed by atoms with Gasteiger partial charge in [0.25, 0.3) is 5.91 Å². The Kier molecular flexibility index (Phi) is 3.95. The molecule has 19 heavy (non-hydrogen) atoms. The number of anilines is 1. The Balaban J connectivity index is 2.09. The summed E-state index contributed by atoms with van der Waals surface area (Å²) in [6.07, 6.45) is 0.948. The molecule has 0 radical (unpaired) electrons. The zero-order valence-electron chi connectivity index (χ0n) is 10.3. The zero-order chi connectivity index (χ0) is 14.0. The van der Waals surface area contributed by atoms with E-state index in [9.17, 15) is 9.59 Å². The number of rotatable bonds is 2. The van der Waals surface area contributed by atoms with E-state index in [0.717, 1.165) is 0 Å². The maximum absolute atomic E-state index is 12.3. The van der Waals surface area contributed by atoms with Gasteiger partial charge in [0.1, 0.15) is 0 Å². The fourth-order valence-corrected chi connectivity index (χ4v) is 2.40. The van der Waals surface area contributed by atoms with Crippen LogP contribution in [-0.4, -0.2) is 35.0 Å². The van der Waals surface area contributed by atoms with Crippen molar-refractivity contribution in [1.82, 2.24) is 4.90 Å². The molecule has 1 aliphatic rings. The number of likely N-dealkylation sites (tertiary alicyclic amines) is 1. The standard InChI is InChI=1S/C13H15ClN2O3/c14-10-3-1-2-9(11(10)15)12(17)16-6-4-8(5-7-16)13(18)19/h1-3,8H,4-7,15H2,(H,18,19). The second kappa shape index (κ2) is 5.48. The third-order valence-electron chi connectivity index (χ3n) is 3.41. The summed E-state index contributed by atoms with van der Waals surface area (Å²) in [5.41, 5.74) is 6.44. The number of amides is 1. The van der Waals surface area contributed by atoms with Gasteiger partial charge in [-0.05, 0) is 25.0 Å². The van der Waals surface area contributed by atoms with Crippen molar-refractivity contribution >= 4 is 29.2 Å². The number of hydrogen-bond acceptors (Lipinski definition) is 3. The van der Waals surface area contributed by atoms with Gasteiger partial charge in [0, 0.05) is 13.1 Å². The van der Waals surface area contributed by atoms with Crippen LogP contribution in [-0.2, 0) is 4.79 Å². The van der Waals surface area contributed by atoms with Crippen molar-refractivity contribution in [1.29, 1.82) is 0 Å². The first-order valence-corrected chi connectivity index (χ1v) is 6.44. The molecule has 1 aromatic rings. The van der Waals surface area contributed by atoms with Crippen LogP contribution in [0.3, 0.4) is 0 Å². The molecule has 0 aliphatic carbocycles. The summed E-state index contributed by atoms with van der Waals surface area (Å²) < 4.78 is 0. The molecule has 1 aliphatic heterocycles. The van der Waals surface area contributed by atoms with Crippen molar-refractivity contribution in [3.05, 3.63) is 28.8 Å². The van der Waals surface area contributed by atoms with Crippen LogP contribution >= 0.6 is 11.6 Å². The smallest absolute Gasteiger partial charge is 0.306 e. The molecule has 1 saturated heterocycles. The van der Waals surface area contributed by atoms with Gasteiger partial charge in [0.2, 0.25) is 0 Å². The maximum atomic E-state index is 12.3. The molecule has 1 fully saturated rings. The van der Waals surface area contributed by atoms with E-state index in [2.05, 4.69) is 0 Å². The number of nitrogens with two attached hydrogens (primary N) is 1. The van der Waals surface area contributed by atoms with Crippen molar-refractivity contribution in [2.45, 2.75) is 12.8 Å². The summed E-state index contributed by atoms with van der Waals surface area (Å²) in [7, 11) is 0. The van der Waals surface area contributed by atoms with E-state index in [1.54, 1.807) is 23.1 Å². The van der Waals surface area contributed by atoms with Crippen LogP contribution in [0, 0.1) is 5.92 Å². The molecule has 6 heteroatoms. The number of nitrogens with zero attached hydrogens (tertiary/aromatic N) is 1. The van der Waals surface area contributed by atoms with Crippen LogP contribution in [0.5, 0.6) is 0 Å². The number of carboxylic acids is 1. The predicted octanol–water partition coefficient (Wildman–Crippen LogP) is 1.86. The minimum atomic E-state index is -0.797. The quantitative estimate of drug-likeness (QED) is 0.811. The molecule has 0 aromatic heterocycles. The van der Waals surface area contributed by atoms with E-state index in [-0.39, 0.29) is 17.5 Å². The number of benzene rings is 1. The van der Waals surface area contributed by atoms with Crippen LogP contribution in [0.4, 0.5) is 5.69 Å². The fraction of sp³-hybridized carbons (Fsp3) is 0.385. The third-order valence-corrected chi connectivity index (χ3v) is 3.74.